The van der Waals surface area contributed by atoms with Crippen LogP contribution < -0.4 is 5.32 Å². The highest BCUT2D eigenvalue weighted by molar-refractivity contribution is 4.87. The zero-order chi connectivity index (χ0) is 8.69. The molecule has 0 aromatic rings. The molecule has 2 nitrogen and oxygen atoms in total. The molecule has 0 fully saturated rings. The molecule has 0 saturated heterocycles. The minimum absolute atomic E-state index is 0.0868. The largest absolute Gasteiger partial charge is 0.391 e. The second-order valence-electron chi connectivity index (χ2n) is 2.54. The third kappa shape index (κ3) is 4.62. The second kappa shape index (κ2) is 5.98. The van der Waals surface area contributed by atoms with E-state index < -0.39 is 0 Å². The summed E-state index contributed by atoms with van der Waals surface area (Å²) >= 11 is 0. The molecule has 0 rings (SSSR count). The third-order valence-corrected chi connectivity index (χ3v) is 1.48. The molecule has 0 aliphatic heterocycles. The fourth-order valence-electron chi connectivity index (χ4n) is 0.804. The van der Waals surface area contributed by atoms with Crippen LogP contribution in [0.4, 0.5) is 0 Å². The van der Waals surface area contributed by atoms with Gasteiger partial charge in [-0.05, 0) is 26.5 Å². The first-order valence-electron chi connectivity index (χ1n) is 3.88. The monoisotopic (exact) mass is 155 g/mol. The summed E-state index contributed by atoms with van der Waals surface area (Å²) in [6.45, 7) is 7.31. The van der Waals surface area contributed by atoms with Gasteiger partial charge in [0.25, 0.3) is 0 Å². The van der Waals surface area contributed by atoms with Crippen LogP contribution in [0.1, 0.15) is 20.3 Å². The highest BCUT2D eigenvalue weighted by Gasteiger charge is 2.09. The van der Waals surface area contributed by atoms with Gasteiger partial charge in [-0.15, -0.1) is 6.58 Å². The average molecular weight is 155 g/mol. The predicted molar refractivity (Wildman–Crippen MR) is 48.2 cm³/mol. The minimum Gasteiger partial charge on any atom is -0.391 e. The van der Waals surface area contributed by atoms with Gasteiger partial charge in [-0.1, -0.05) is 12.2 Å². The zero-order valence-electron chi connectivity index (χ0n) is 7.25. The molecule has 0 aromatic carbocycles. The van der Waals surface area contributed by atoms with Crippen LogP contribution in [0, 0.1) is 0 Å². The van der Waals surface area contributed by atoms with Crippen LogP contribution in [-0.2, 0) is 0 Å². The van der Waals surface area contributed by atoms with E-state index in [-0.39, 0.29) is 12.1 Å². The van der Waals surface area contributed by atoms with E-state index >= 15 is 0 Å². The van der Waals surface area contributed by atoms with Crippen LogP contribution in [0.15, 0.2) is 24.9 Å². The molecular formula is C9H17NO. The van der Waals surface area contributed by atoms with E-state index in [1.165, 1.54) is 0 Å². The number of rotatable bonds is 5. The van der Waals surface area contributed by atoms with E-state index in [0.717, 1.165) is 6.42 Å². The fraction of sp³-hybridized carbons (Fsp3) is 0.556. The Balaban J connectivity index is 3.78. The first-order valence-corrected chi connectivity index (χ1v) is 3.88. The molecule has 2 atom stereocenters. The first-order chi connectivity index (χ1) is 5.22. The van der Waals surface area contributed by atoms with Crippen molar-refractivity contribution in [1.29, 1.82) is 0 Å². The van der Waals surface area contributed by atoms with Crippen molar-refractivity contribution < 1.29 is 5.11 Å². The Kier molecular flexibility index (Phi) is 5.57. The Morgan fingerprint density at radius 3 is 2.64 bits per heavy atom. The molecule has 2 N–H and O–H groups in total. The van der Waals surface area contributed by atoms with Crippen molar-refractivity contribution in [1.82, 2.24) is 5.32 Å². The number of allylic oxidation sites excluding steroid dienone is 1. The molecule has 11 heavy (non-hydrogen) atoms. The Morgan fingerprint density at radius 2 is 2.27 bits per heavy atom. The summed E-state index contributed by atoms with van der Waals surface area (Å²) in [5.41, 5.74) is 0. The summed E-state index contributed by atoms with van der Waals surface area (Å²) in [6.07, 6.45) is 5.97. The zero-order valence-corrected chi connectivity index (χ0v) is 7.25. The van der Waals surface area contributed by atoms with Gasteiger partial charge in [0.1, 0.15) is 0 Å². The van der Waals surface area contributed by atoms with Gasteiger partial charge in [0.05, 0.1) is 12.1 Å². The Bertz CT molecular complexity index is 130. The maximum Gasteiger partial charge on any atom is 0.0715 e. The lowest BCUT2D eigenvalue weighted by molar-refractivity contribution is 0.153. The van der Waals surface area contributed by atoms with Gasteiger partial charge in [-0.25, -0.2) is 0 Å². The van der Waals surface area contributed by atoms with E-state index in [1.54, 1.807) is 13.0 Å². The molecule has 0 bridgehead atoms. The molecule has 2 heteroatoms. The standard InChI is InChI=1S/C9H17NO/c1-4-6-9(8(3)11)10-7-5-2/h4-5,7-11H,1,6H2,2-3H3/b7-5-/t8?,9-/m0/s1. The molecule has 1 unspecified atom stereocenters. The summed E-state index contributed by atoms with van der Waals surface area (Å²) in [5.74, 6) is 0. The predicted octanol–water partition coefficient (Wildman–Crippen LogP) is 1.44. The summed E-state index contributed by atoms with van der Waals surface area (Å²) in [7, 11) is 0. The highest BCUT2D eigenvalue weighted by Crippen LogP contribution is 1.98. The Labute approximate surface area is 68.6 Å². The topological polar surface area (TPSA) is 32.3 Å². The van der Waals surface area contributed by atoms with Crippen LogP contribution in [0.2, 0.25) is 0 Å². The van der Waals surface area contributed by atoms with E-state index in [1.807, 2.05) is 19.2 Å². The second-order valence-corrected chi connectivity index (χ2v) is 2.54. The quantitative estimate of drug-likeness (QED) is 0.589. The van der Waals surface area contributed by atoms with Crippen molar-refractivity contribution in [3.63, 3.8) is 0 Å². The van der Waals surface area contributed by atoms with Crippen LogP contribution in [0.5, 0.6) is 0 Å². The fourth-order valence-corrected chi connectivity index (χ4v) is 0.804. The molecule has 64 valence electrons. The van der Waals surface area contributed by atoms with Gasteiger partial charge in [0, 0.05) is 0 Å². The van der Waals surface area contributed by atoms with Crippen LogP contribution in [-0.4, -0.2) is 17.3 Å². The number of nitrogens with one attached hydrogen (secondary N) is 1. The maximum absolute atomic E-state index is 9.23. The van der Waals surface area contributed by atoms with Crippen LogP contribution >= 0.6 is 0 Å². The van der Waals surface area contributed by atoms with Gasteiger partial charge < -0.3 is 10.4 Å². The summed E-state index contributed by atoms with van der Waals surface area (Å²) in [4.78, 5) is 0. The van der Waals surface area contributed by atoms with Crippen molar-refractivity contribution in [2.24, 2.45) is 0 Å². The van der Waals surface area contributed by atoms with Crippen molar-refractivity contribution >= 4 is 0 Å². The molecule has 0 aromatic heterocycles. The molecule has 0 aliphatic carbocycles. The lowest BCUT2D eigenvalue weighted by atomic mass is 10.1. The van der Waals surface area contributed by atoms with Crippen molar-refractivity contribution in [2.75, 3.05) is 0 Å². The van der Waals surface area contributed by atoms with Crippen molar-refractivity contribution in [3.05, 3.63) is 24.9 Å². The van der Waals surface area contributed by atoms with Crippen molar-refractivity contribution in [3.8, 4) is 0 Å². The molecule has 0 aliphatic rings. The summed E-state index contributed by atoms with van der Waals surface area (Å²) in [6, 6.07) is 0.0868. The molecule has 0 saturated carbocycles. The minimum atomic E-state index is -0.343. The highest BCUT2D eigenvalue weighted by atomic mass is 16.3. The summed E-state index contributed by atoms with van der Waals surface area (Å²) < 4.78 is 0. The van der Waals surface area contributed by atoms with E-state index in [0.29, 0.717) is 0 Å². The van der Waals surface area contributed by atoms with Gasteiger partial charge >= 0.3 is 0 Å². The SMILES string of the molecule is C=CC[C@H](N/C=C\C)C(C)O. The number of hydrogen-bond acceptors (Lipinski definition) is 2. The van der Waals surface area contributed by atoms with Crippen molar-refractivity contribution in [2.45, 2.75) is 32.4 Å². The number of hydrogen-bond donors (Lipinski definition) is 2. The Morgan fingerprint density at radius 1 is 1.64 bits per heavy atom. The first kappa shape index (κ1) is 10.2. The molecule has 0 heterocycles. The molecular weight excluding hydrogens is 138 g/mol. The average Bonchev–Trinajstić information content (AvgIpc) is 1.97. The smallest absolute Gasteiger partial charge is 0.0715 e. The van der Waals surface area contributed by atoms with Crippen LogP contribution in [0.3, 0.4) is 0 Å². The van der Waals surface area contributed by atoms with Gasteiger partial charge in [0.15, 0.2) is 0 Å². The Hall–Kier alpha value is -0.760. The van der Waals surface area contributed by atoms with Gasteiger partial charge in [-0.2, -0.15) is 0 Å². The van der Waals surface area contributed by atoms with Crippen LogP contribution in [0.25, 0.3) is 0 Å². The van der Waals surface area contributed by atoms with Gasteiger partial charge in [-0.3, -0.25) is 0 Å². The molecule has 0 radical (unpaired) electrons. The normalized spacial score (nSPS) is 16.3. The van der Waals surface area contributed by atoms with E-state index in [2.05, 4.69) is 11.9 Å². The molecule has 0 amide bonds. The number of aliphatic hydroxyl groups is 1. The van der Waals surface area contributed by atoms with Gasteiger partial charge in [0.2, 0.25) is 0 Å². The third-order valence-electron chi connectivity index (χ3n) is 1.48. The lowest BCUT2D eigenvalue weighted by Gasteiger charge is -2.18. The summed E-state index contributed by atoms with van der Waals surface area (Å²) in [5, 5.41) is 12.3. The van der Waals surface area contributed by atoms with E-state index in [4.69, 9.17) is 0 Å². The number of aliphatic hydroxyl groups excluding tert-OH is 1. The van der Waals surface area contributed by atoms with E-state index in [9.17, 15) is 5.11 Å². The lowest BCUT2D eigenvalue weighted by Crippen LogP contribution is -2.34. The maximum atomic E-state index is 9.23. The molecule has 0 spiro atoms.